The first-order valence-electron chi connectivity index (χ1n) is 9.21. The predicted molar refractivity (Wildman–Crippen MR) is 108 cm³/mol. The van der Waals surface area contributed by atoms with Gasteiger partial charge in [0.15, 0.2) is 0 Å². The summed E-state index contributed by atoms with van der Waals surface area (Å²) in [7, 11) is 0. The van der Waals surface area contributed by atoms with Gasteiger partial charge in [-0.05, 0) is 39.8 Å². The molecule has 3 aromatic heterocycles. The van der Waals surface area contributed by atoms with Crippen LogP contribution in [-0.4, -0.2) is 54.3 Å². The molecule has 4 rings (SSSR count). The van der Waals surface area contributed by atoms with Crippen molar-refractivity contribution in [3.63, 3.8) is 0 Å². The Morgan fingerprint density at radius 3 is 2.57 bits per heavy atom. The Hall–Kier alpha value is -3.49. The number of rotatable bonds is 5. The second kappa shape index (κ2) is 7.26. The van der Waals surface area contributed by atoms with E-state index in [0.29, 0.717) is 23.1 Å². The number of hydrogen-bond acceptors (Lipinski definition) is 8. The van der Waals surface area contributed by atoms with Gasteiger partial charge in [0, 0.05) is 25.5 Å². The maximum Gasteiger partial charge on any atom is 0.204 e. The van der Waals surface area contributed by atoms with Crippen LogP contribution < -0.4 is 4.90 Å². The van der Waals surface area contributed by atoms with E-state index < -0.39 is 0 Å². The maximum absolute atomic E-state index is 4.78. The first-order chi connectivity index (χ1) is 13.6. The van der Waals surface area contributed by atoms with Crippen molar-refractivity contribution in [2.45, 2.75) is 27.7 Å². The molecule has 0 bridgehead atoms. The lowest BCUT2D eigenvalue weighted by Gasteiger charge is -2.20. The number of fused-ring (bicyclic) bond motifs is 1. The van der Waals surface area contributed by atoms with Gasteiger partial charge in [-0.25, -0.2) is 19.9 Å². The monoisotopic (exact) mass is 375 g/mol. The van der Waals surface area contributed by atoms with E-state index in [1.165, 1.54) is 4.79 Å². The van der Waals surface area contributed by atoms with Gasteiger partial charge in [-0.1, -0.05) is 0 Å². The second-order valence-electron chi connectivity index (χ2n) is 6.33. The van der Waals surface area contributed by atoms with Crippen molar-refractivity contribution in [3.05, 3.63) is 42.2 Å². The van der Waals surface area contributed by atoms with Gasteiger partial charge in [0.25, 0.3) is 0 Å². The fourth-order valence-corrected chi connectivity index (χ4v) is 3.03. The molecule has 0 N–H and O–H groups in total. The Bertz CT molecular complexity index is 1060. The molecule has 0 spiro atoms. The highest BCUT2D eigenvalue weighted by Crippen LogP contribution is 2.24. The zero-order chi connectivity index (χ0) is 19.7. The van der Waals surface area contributed by atoms with E-state index in [9.17, 15) is 0 Å². The first kappa shape index (κ1) is 17.9. The van der Waals surface area contributed by atoms with Crippen LogP contribution in [0.2, 0.25) is 0 Å². The highest BCUT2D eigenvalue weighted by atomic mass is 15.6. The van der Waals surface area contributed by atoms with E-state index >= 15 is 0 Å². The van der Waals surface area contributed by atoms with Gasteiger partial charge in [-0.2, -0.15) is 5.10 Å². The van der Waals surface area contributed by atoms with Crippen molar-refractivity contribution in [1.82, 2.24) is 29.8 Å². The molecular weight excluding hydrogens is 354 g/mol. The number of aromatic nitrogens is 6. The van der Waals surface area contributed by atoms with Crippen LogP contribution in [0.1, 0.15) is 32.3 Å². The van der Waals surface area contributed by atoms with Crippen LogP contribution in [0.15, 0.2) is 40.8 Å². The molecule has 0 saturated carbocycles. The van der Waals surface area contributed by atoms with E-state index in [1.54, 1.807) is 18.6 Å². The van der Waals surface area contributed by atoms with Gasteiger partial charge in [-0.3, -0.25) is 4.98 Å². The number of aliphatic imine (C=N–C) groups is 1. The molecule has 9 nitrogen and oxygen atoms in total. The van der Waals surface area contributed by atoms with Crippen LogP contribution in [0, 0.1) is 6.92 Å². The zero-order valence-corrected chi connectivity index (χ0v) is 16.3. The quantitative estimate of drug-likeness (QED) is 0.680. The minimum absolute atomic E-state index is 0.471. The van der Waals surface area contributed by atoms with Crippen LogP contribution >= 0.6 is 0 Å². The number of anilines is 1. The summed E-state index contributed by atoms with van der Waals surface area (Å²) in [6, 6.07) is 3.98. The number of pyridine rings is 1. The summed E-state index contributed by atoms with van der Waals surface area (Å²) in [5.74, 6) is 2.01. The first-order valence-corrected chi connectivity index (χ1v) is 9.21. The lowest BCUT2D eigenvalue weighted by molar-refractivity contribution is 0.746. The molecule has 4 heterocycles. The summed E-state index contributed by atoms with van der Waals surface area (Å²) in [6.45, 7) is 9.92. The Morgan fingerprint density at radius 1 is 1.07 bits per heavy atom. The van der Waals surface area contributed by atoms with Gasteiger partial charge in [0.2, 0.25) is 11.6 Å². The third-order valence-corrected chi connectivity index (χ3v) is 4.55. The van der Waals surface area contributed by atoms with Gasteiger partial charge in [0.05, 0.1) is 23.3 Å². The maximum atomic E-state index is 4.78. The Kier molecular flexibility index (Phi) is 4.64. The van der Waals surface area contributed by atoms with E-state index in [2.05, 4.69) is 43.9 Å². The second-order valence-corrected chi connectivity index (χ2v) is 6.33. The Morgan fingerprint density at radius 2 is 1.89 bits per heavy atom. The van der Waals surface area contributed by atoms with Crippen LogP contribution in [-0.2, 0) is 0 Å². The van der Waals surface area contributed by atoms with Crippen molar-refractivity contribution >= 4 is 22.9 Å². The van der Waals surface area contributed by atoms with Crippen LogP contribution in [0.4, 0.5) is 11.5 Å². The molecule has 0 unspecified atom stereocenters. The van der Waals surface area contributed by atoms with E-state index in [4.69, 9.17) is 9.98 Å². The summed E-state index contributed by atoms with van der Waals surface area (Å²) in [4.78, 5) is 26.1. The molecule has 0 radical (unpaired) electrons. The third kappa shape index (κ3) is 3.15. The van der Waals surface area contributed by atoms with E-state index in [1.807, 2.05) is 26.0 Å². The van der Waals surface area contributed by atoms with Gasteiger partial charge in [0.1, 0.15) is 17.2 Å². The molecular formula is C19H21N9. The molecule has 0 amide bonds. The molecule has 9 heteroatoms. The fraction of sp³-hybridized carbons (Fsp3) is 0.316. The van der Waals surface area contributed by atoms with Gasteiger partial charge < -0.3 is 4.90 Å². The molecule has 28 heavy (non-hydrogen) atoms. The molecule has 0 aromatic carbocycles. The van der Waals surface area contributed by atoms with Crippen LogP contribution in [0.5, 0.6) is 0 Å². The number of aryl methyl sites for hydroxylation is 1. The van der Waals surface area contributed by atoms with Crippen LogP contribution in [0.3, 0.4) is 0 Å². The summed E-state index contributed by atoms with van der Waals surface area (Å²) >= 11 is 0. The molecule has 0 saturated heterocycles. The summed E-state index contributed by atoms with van der Waals surface area (Å²) in [5.41, 5.74) is 3.68. The highest BCUT2D eigenvalue weighted by Gasteiger charge is 2.25. The van der Waals surface area contributed by atoms with Crippen molar-refractivity contribution in [2.24, 2.45) is 10.1 Å². The number of hydrogen-bond donors (Lipinski definition) is 0. The van der Waals surface area contributed by atoms with Crippen molar-refractivity contribution in [1.29, 1.82) is 0 Å². The van der Waals surface area contributed by atoms with Gasteiger partial charge >= 0.3 is 0 Å². The topological polar surface area (TPSA) is 97.3 Å². The third-order valence-electron chi connectivity index (χ3n) is 4.55. The predicted octanol–water partition coefficient (Wildman–Crippen LogP) is 2.64. The lowest BCUT2D eigenvalue weighted by atomic mass is 10.2. The minimum atomic E-state index is 0.471. The normalized spacial score (nSPS) is 14.3. The average Bonchev–Trinajstić information content (AvgIpc) is 3.24. The lowest BCUT2D eigenvalue weighted by Crippen LogP contribution is -2.23. The molecule has 0 atom stereocenters. The van der Waals surface area contributed by atoms with Crippen molar-refractivity contribution in [2.75, 3.05) is 18.0 Å². The SMILES string of the molecule is CCN(CC)c1ccc(/N=C2/C(C)=Nn3nc(-c4cnccn4)nc32)c(C)n1. The van der Waals surface area contributed by atoms with Crippen molar-refractivity contribution < 1.29 is 0 Å². The van der Waals surface area contributed by atoms with E-state index in [0.717, 1.165) is 36.0 Å². The summed E-state index contributed by atoms with van der Waals surface area (Å²) < 4.78 is 0. The molecule has 142 valence electrons. The summed E-state index contributed by atoms with van der Waals surface area (Å²) in [5, 5.41) is 8.83. The fourth-order valence-electron chi connectivity index (χ4n) is 3.03. The molecule has 0 fully saturated rings. The summed E-state index contributed by atoms with van der Waals surface area (Å²) in [6.07, 6.45) is 4.84. The number of nitrogens with zero attached hydrogens (tertiary/aromatic N) is 9. The molecule has 1 aliphatic heterocycles. The minimum Gasteiger partial charge on any atom is -0.357 e. The smallest absolute Gasteiger partial charge is 0.204 e. The van der Waals surface area contributed by atoms with Crippen molar-refractivity contribution in [3.8, 4) is 11.5 Å². The Labute approximate surface area is 162 Å². The molecule has 3 aromatic rings. The molecule has 1 aliphatic rings. The zero-order valence-electron chi connectivity index (χ0n) is 16.3. The Balaban J connectivity index is 1.71. The van der Waals surface area contributed by atoms with E-state index in [-0.39, 0.29) is 0 Å². The highest BCUT2D eigenvalue weighted by molar-refractivity contribution is 6.48. The molecule has 0 aliphatic carbocycles. The van der Waals surface area contributed by atoms with Crippen LogP contribution in [0.25, 0.3) is 11.5 Å². The average molecular weight is 375 g/mol. The van der Waals surface area contributed by atoms with Gasteiger partial charge in [-0.15, -0.1) is 9.89 Å². The largest absolute Gasteiger partial charge is 0.357 e. The standard InChI is InChI=1S/C19H21N9/c1-5-27(6-2)16-8-7-14(12(3)22-16)23-17-13(4)25-28-19(17)24-18(26-28)15-11-20-9-10-21-15/h7-11H,5-6H2,1-4H3/b23-17-.